The fraction of sp³-hybridized carbons (Fsp3) is 0.591. The van der Waals surface area contributed by atoms with Crippen LogP contribution in [0, 0.1) is 12.8 Å². The zero-order chi connectivity index (χ0) is 20.4. The number of hydrogen-bond donors (Lipinski definition) is 2. The van der Waals surface area contributed by atoms with Crippen molar-refractivity contribution >= 4 is 28.5 Å². The predicted molar refractivity (Wildman–Crippen MR) is 114 cm³/mol. The second-order valence-corrected chi connectivity index (χ2v) is 8.55. The molecule has 2 fully saturated rings. The van der Waals surface area contributed by atoms with Crippen LogP contribution in [0.15, 0.2) is 18.2 Å². The number of nitrogens with one attached hydrogen (secondary N) is 1. The van der Waals surface area contributed by atoms with E-state index in [1.165, 1.54) is 32.1 Å². The Labute approximate surface area is 171 Å². The SMILES string of the molecule is Cc1nc2cc(NC(=O)C3CCCN(CC(N)=O)C3)ccc2n1C1CCCCC1. The van der Waals surface area contributed by atoms with Gasteiger partial charge < -0.3 is 15.6 Å². The minimum Gasteiger partial charge on any atom is -0.369 e. The lowest BCUT2D eigenvalue weighted by Gasteiger charge is -2.31. The molecule has 1 aliphatic carbocycles. The molecule has 0 radical (unpaired) electrons. The van der Waals surface area contributed by atoms with E-state index in [1.807, 2.05) is 17.0 Å². The Morgan fingerprint density at radius 2 is 1.97 bits per heavy atom. The maximum atomic E-state index is 12.8. The Morgan fingerprint density at radius 1 is 1.17 bits per heavy atom. The van der Waals surface area contributed by atoms with Gasteiger partial charge in [0.15, 0.2) is 0 Å². The second-order valence-electron chi connectivity index (χ2n) is 8.55. The van der Waals surface area contributed by atoms with Crippen molar-refractivity contribution in [3.8, 4) is 0 Å². The number of carbonyl (C=O) groups is 2. The van der Waals surface area contributed by atoms with E-state index >= 15 is 0 Å². The molecule has 0 spiro atoms. The highest BCUT2D eigenvalue weighted by Gasteiger charge is 2.27. The van der Waals surface area contributed by atoms with E-state index in [9.17, 15) is 9.59 Å². The summed E-state index contributed by atoms with van der Waals surface area (Å²) < 4.78 is 2.38. The summed E-state index contributed by atoms with van der Waals surface area (Å²) in [5.41, 5.74) is 8.17. The van der Waals surface area contributed by atoms with Crippen molar-refractivity contribution in [2.75, 3.05) is 25.0 Å². The molecule has 3 N–H and O–H groups in total. The molecule has 4 rings (SSSR count). The number of benzene rings is 1. The topological polar surface area (TPSA) is 93.2 Å². The molecule has 29 heavy (non-hydrogen) atoms. The summed E-state index contributed by atoms with van der Waals surface area (Å²) in [7, 11) is 0. The summed E-state index contributed by atoms with van der Waals surface area (Å²) in [6, 6.07) is 6.57. The lowest BCUT2D eigenvalue weighted by Crippen LogP contribution is -2.44. The third-order valence-electron chi connectivity index (χ3n) is 6.33. The van der Waals surface area contributed by atoms with Gasteiger partial charge in [0, 0.05) is 18.3 Å². The first-order valence-corrected chi connectivity index (χ1v) is 10.8. The number of imidazole rings is 1. The van der Waals surface area contributed by atoms with Crippen molar-refractivity contribution in [1.29, 1.82) is 0 Å². The maximum absolute atomic E-state index is 12.8. The average molecular weight is 398 g/mol. The molecule has 2 aromatic rings. The van der Waals surface area contributed by atoms with E-state index in [2.05, 4.69) is 22.9 Å². The third kappa shape index (κ3) is 4.45. The molecule has 0 bridgehead atoms. The van der Waals surface area contributed by atoms with Gasteiger partial charge in [-0.2, -0.15) is 0 Å². The average Bonchev–Trinajstić information content (AvgIpc) is 3.03. The number of nitrogens with two attached hydrogens (primary N) is 1. The monoisotopic (exact) mass is 397 g/mol. The largest absolute Gasteiger partial charge is 0.369 e. The molecule has 7 heteroatoms. The summed E-state index contributed by atoms with van der Waals surface area (Å²) in [5, 5.41) is 3.05. The molecule has 2 heterocycles. The minimum atomic E-state index is -0.347. The van der Waals surface area contributed by atoms with Gasteiger partial charge in [-0.1, -0.05) is 19.3 Å². The Hall–Kier alpha value is -2.41. The summed E-state index contributed by atoms with van der Waals surface area (Å²) in [6.07, 6.45) is 8.06. The van der Waals surface area contributed by atoms with Crippen LogP contribution in [0.3, 0.4) is 0 Å². The molecule has 156 valence electrons. The highest BCUT2D eigenvalue weighted by molar-refractivity contribution is 5.94. The van der Waals surface area contributed by atoms with Gasteiger partial charge >= 0.3 is 0 Å². The Bertz CT molecular complexity index is 900. The molecular formula is C22H31N5O2. The van der Waals surface area contributed by atoms with E-state index in [-0.39, 0.29) is 24.3 Å². The molecule has 7 nitrogen and oxygen atoms in total. The number of rotatable bonds is 5. The standard InChI is InChI=1S/C22H31N5O2/c1-15-24-19-12-17(9-10-20(19)27(15)18-7-3-2-4-8-18)25-22(29)16-6-5-11-26(13-16)14-21(23)28/h9-10,12,16,18H,2-8,11,13-14H2,1H3,(H2,23,28)(H,25,29). The molecule has 1 atom stereocenters. The fourth-order valence-electron chi connectivity index (χ4n) is 4.97. The zero-order valence-electron chi connectivity index (χ0n) is 17.2. The number of primary amides is 1. The molecule has 1 aliphatic heterocycles. The van der Waals surface area contributed by atoms with Gasteiger partial charge in [-0.25, -0.2) is 4.98 Å². The van der Waals surface area contributed by atoms with Crippen LogP contribution in [0.25, 0.3) is 11.0 Å². The number of likely N-dealkylation sites (tertiary alicyclic amines) is 1. The number of piperidine rings is 1. The van der Waals surface area contributed by atoms with Crippen LogP contribution in [-0.4, -0.2) is 45.9 Å². The lowest BCUT2D eigenvalue weighted by atomic mass is 9.95. The summed E-state index contributed by atoms with van der Waals surface area (Å²) >= 11 is 0. The van der Waals surface area contributed by atoms with Crippen LogP contribution >= 0.6 is 0 Å². The Morgan fingerprint density at radius 3 is 2.72 bits per heavy atom. The smallest absolute Gasteiger partial charge is 0.231 e. The van der Waals surface area contributed by atoms with Crippen LogP contribution in [0.1, 0.15) is 56.8 Å². The van der Waals surface area contributed by atoms with Gasteiger partial charge in [0.2, 0.25) is 11.8 Å². The number of anilines is 1. The number of carbonyl (C=O) groups excluding carboxylic acids is 2. The van der Waals surface area contributed by atoms with E-state index in [4.69, 9.17) is 10.7 Å². The number of aromatic nitrogens is 2. The summed E-state index contributed by atoms with van der Waals surface area (Å²) in [5.74, 6) is 0.576. The number of aryl methyl sites for hydroxylation is 1. The summed E-state index contributed by atoms with van der Waals surface area (Å²) in [6.45, 7) is 3.68. The number of amides is 2. The van der Waals surface area contributed by atoms with Crippen molar-refractivity contribution in [2.45, 2.75) is 57.9 Å². The van der Waals surface area contributed by atoms with Crippen molar-refractivity contribution in [2.24, 2.45) is 11.7 Å². The van der Waals surface area contributed by atoms with Gasteiger partial charge in [0.25, 0.3) is 0 Å². The molecule has 1 unspecified atom stereocenters. The first kappa shape index (κ1) is 19.9. The van der Waals surface area contributed by atoms with Crippen molar-refractivity contribution in [1.82, 2.24) is 14.5 Å². The number of fused-ring (bicyclic) bond motifs is 1. The Kier molecular flexibility index (Phi) is 5.85. The van der Waals surface area contributed by atoms with Crippen molar-refractivity contribution in [3.05, 3.63) is 24.0 Å². The fourth-order valence-corrected chi connectivity index (χ4v) is 4.97. The summed E-state index contributed by atoms with van der Waals surface area (Å²) in [4.78, 5) is 30.7. The van der Waals surface area contributed by atoms with E-state index in [1.54, 1.807) is 0 Å². The molecular weight excluding hydrogens is 366 g/mol. The van der Waals surface area contributed by atoms with Crippen molar-refractivity contribution < 1.29 is 9.59 Å². The Balaban J connectivity index is 1.47. The van der Waals surface area contributed by atoms with E-state index < -0.39 is 0 Å². The molecule has 1 aromatic heterocycles. The first-order valence-electron chi connectivity index (χ1n) is 10.8. The maximum Gasteiger partial charge on any atom is 0.231 e. The van der Waals surface area contributed by atoms with E-state index in [0.717, 1.165) is 41.9 Å². The molecule has 1 aromatic carbocycles. The van der Waals surface area contributed by atoms with Gasteiger partial charge in [-0.3, -0.25) is 14.5 Å². The molecule has 2 aliphatic rings. The van der Waals surface area contributed by atoms with Gasteiger partial charge in [0.05, 0.1) is 23.5 Å². The third-order valence-corrected chi connectivity index (χ3v) is 6.33. The lowest BCUT2D eigenvalue weighted by molar-refractivity contribution is -0.124. The molecule has 2 amide bonds. The van der Waals surface area contributed by atoms with E-state index in [0.29, 0.717) is 12.6 Å². The zero-order valence-corrected chi connectivity index (χ0v) is 17.2. The molecule has 1 saturated carbocycles. The predicted octanol–water partition coefficient (Wildman–Crippen LogP) is 2.99. The van der Waals surface area contributed by atoms with Crippen LogP contribution in [0.2, 0.25) is 0 Å². The van der Waals surface area contributed by atoms with Crippen LogP contribution in [-0.2, 0) is 9.59 Å². The van der Waals surface area contributed by atoms with Crippen LogP contribution < -0.4 is 11.1 Å². The van der Waals surface area contributed by atoms with Gasteiger partial charge in [0.1, 0.15) is 5.82 Å². The number of hydrogen-bond acceptors (Lipinski definition) is 4. The van der Waals surface area contributed by atoms with Crippen molar-refractivity contribution in [3.63, 3.8) is 0 Å². The first-order chi connectivity index (χ1) is 14.0. The van der Waals surface area contributed by atoms with Gasteiger partial charge in [-0.15, -0.1) is 0 Å². The number of nitrogens with zero attached hydrogens (tertiary/aromatic N) is 3. The minimum absolute atomic E-state index is 0.00181. The van der Waals surface area contributed by atoms with Crippen LogP contribution in [0.4, 0.5) is 5.69 Å². The van der Waals surface area contributed by atoms with Crippen LogP contribution in [0.5, 0.6) is 0 Å². The highest BCUT2D eigenvalue weighted by atomic mass is 16.2. The van der Waals surface area contributed by atoms with Gasteiger partial charge in [-0.05, 0) is 57.4 Å². The quantitative estimate of drug-likeness (QED) is 0.811. The molecule has 1 saturated heterocycles. The highest BCUT2D eigenvalue weighted by Crippen LogP contribution is 2.33. The normalized spacial score (nSPS) is 21.3. The second kappa shape index (κ2) is 8.53.